The lowest BCUT2D eigenvalue weighted by atomic mass is 10.1. The van der Waals surface area contributed by atoms with Crippen molar-refractivity contribution < 1.29 is 96.6 Å². The molecule has 1 aliphatic heterocycles. The number of hydrogen-bond acceptors (Lipinski definition) is 18. The van der Waals surface area contributed by atoms with Gasteiger partial charge in [0.2, 0.25) is 5.91 Å². The highest BCUT2D eigenvalue weighted by Gasteiger charge is 2.34. The third-order valence-electron chi connectivity index (χ3n) is 25.6. The van der Waals surface area contributed by atoms with E-state index in [-0.39, 0.29) is 42.1 Å². The molecule has 754 valence electrons. The number of halogens is 9. The Labute approximate surface area is 838 Å². The Morgan fingerprint density at radius 1 is 0.388 bits per heavy atom. The number of amides is 4. The number of methoxy groups -OCH3 is 2. The summed E-state index contributed by atoms with van der Waals surface area (Å²) in [5.41, 5.74) is 22.7. The van der Waals surface area contributed by atoms with Crippen LogP contribution in [0.5, 0.6) is 28.7 Å². The second-order valence-electron chi connectivity index (χ2n) is 35.6. The number of nitrogens with two attached hydrogens (primary N) is 1. The summed E-state index contributed by atoms with van der Waals surface area (Å²) in [5.74, 6) is 3.07. The highest BCUT2D eigenvalue weighted by Crippen LogP contribution is 2.47. The number of carbonyl (C=O) groups is 4. The quantitative estimate of drug-likeness (QED) is 0.0178. The number of benzene rings is 10. The molecule has 10 aromatic carbocycles. The SMILES string of the molecule is CCCOC(=O)Nc1ccc(-c2c(C#N)c3ccc(OC(F)F)cc3n2CC2CC2)cc1.CCOC(=O)Nc1ccc(-c2c(C#N)c3ccc(OC(F)F)cc3n2CC2CC2)cc1.COC(=O)Nc1ccc(-c2c(C#N)c3ccc(OC(F)F)cc3n2CC2CC2)cc1.COc1ccc2c(C#N)c(-c3ccc(N4CCCC4=O)cc3)n(CCF)c2c1.N#Cc1c(-c2ccc(N)cc2)n(CC2CC2)c2cc(OC(F)F)ccc12. The van der Waals surface area contributed by atoms with Crippen molar-refractivity contribution in [2.24, 2.45) is 23.7 Å². The second-order valence-corrected chi connectivity index (χ2v) is 35.6. The average molecular weight is 2010 g/mol. The summed E-state index contributed by atoms with van der Waals surface area (Å²) in [5, 5.41) is 60.7. The van der Waals surface area contributed by atoms with Crippen LogP contribution in [0.1, 0.15) is 112 Å². The normalized spacial score (nSPS) is 13.5. The maximum Gasteiger partial charge on any atom is 0.411 e. The van der Waals surface area contributed by atoms with Gasteiger partial charge in [0.05, 0.1) is 118 Å². The van der Waals surface area contributed by atoms with Crippen LogP contribution in [-0.2, 0) is 51.7 Å². The lowest BCUT2D eigenvalue weighted by Gasteiger charge is -2.16. The number of alkyl halides is 9. The Kier molecular flexibility index (Phi) is 32.5. The van der Waals surface area contributed by atoms with Crippen molar-refractivity contribution >= 4 is 107 Å². The van der Waals surface area contributed by atoms with Crippen molar-refractivity contribution in [3.8, 4) is 115 Å². The molecule has 4 aliphatic carbocycles. The first-order valence-corrected chi connectivity index (χ1v) is 47.8. The number of aromatic nitrogens is 5. The molecule has 0 bridgehead atoms. The Bertz CT molecular complexity index is 7590. The van der Waals surface area contributed by atoms with E-state index in [2.05, 4.69) is 74.5 Å². The van der Waals surface area contributed by atoms with Gasteiger partial charge in [-0.05, 0) is 244 Å². The number of anilines is 5. The fraction of sp³-hybridized carbons (Fsp3) is 0.288. The van der Waals surface area contributed by atoms with Crippen LogP contribution in [0, 0.1) is 80.3 Å². The average Bonchev–Trinajstić information content (AvgIpc) is 1.61. The van der Waals surface area contributed by atoms with Gasteiger partial charge in [-0.15, -0.1) is 0 Å². The van der Waals surface area contributed by atoms with Gasteiger partial charge in [-0.1, -0.05) is 67.6 Å². The van der Waals surface area contributed by atoms with Crippen molar-refractivity contribution in [1.82, 2.24) is 22.8 Å². The molecular weight excluding hydrogens is 1910 g/mol. The molecule has 4 amide bonds. The Hall–Kier alpha value is -17.2. The summed E-state index contributed by atoms with van der Waals surface area (Å²) in [7, 11) is 2.86. The summed E-state index contributed by atoms with van der Waals surface area (Å²) in [6.07, 6.45) is 9.38. The smallest absolute Gasteiger partial charge is 0.411 e. The van der Waals surface area contributed by atoms with Crippen molar-refractivity contribution in [1.29, 1.82) is 26.3 Å². The maximum absolute atomic E-state index is 13.3. The summed E-state index contributed by atoms with van der Waals surface area (Å²) < 4.78 is 163. The summed E-state index contributed by atoms with van der Waals surface area (Å²) in [4.78, 5) is 48.6. The molecule has 1 saturated heterocycles. The Balaban J connectivity index is 0.000000131. The Morgan fingerprint density at radius 3 is 0.946 bits per heavy atom. The number of nitriles is 5. The van der Waals surface area contributed by atoms with Crippen molar-refractivity contribution in [3.63, 3.8) is 0 Å². The van der Waals surface area contributed by atoms with Gasteiger partial charge in [0.25, 0.3) is 0 Å². The van der Waals surface area contributed by atoms with Crippen LogP contribution in [0.3, 0.4) is 0 Å². The van der Waals surface area contributed by atoms with Crippen LogP contribution in [0.25, 0.3) is 111 Å². The van der Waals surface area contributed by atoms with E-state index in [0.29, 0.717) is 151 Å². The zero-order valence-electron chi connectivity index (χ0n) is 80.3. The standard InChI is InChI=1S/C24H23F2N3O3.C23H21F2N3O3.C22H19F2N3O3.C22H20FN3O2.C20H17F2N3O/c1-2-11-31-24(30)28-17-7-5-16(6-8-17)22-20(13-27)19-10-9-18(32-23(25)26)12-21(19)29(22)14-15-3-4-15;1-2-30-23(29)27-16-7-5-15(6-8-16)21-19(12-26)18-10-9-17(31-22(24)25)11-20(18)28(21)13-14-3-4-14;1-29-22(28)26-15-6-4-14(5-7-15)20-18(11-25)17-9-8-16(30-21(23)24)10-19(17)27(20)12-13-2-3-13;1-28-17-8-9-18-19(14-24)22(26(12-10-23)20(18)13-17)15-4-6-16(7-5-15)25-11-2-3-21(25)27;21-20(22)26-15-7-8-16-17(10-23)19(13-3-5-14(24)6-4-13)25(18(16)9-15)11-12-1-2-12/h5-10,12,15,23H,2-4,11,14H2,1H3,(H,28,30);5-11,14,22H,2-4,13H2,1H3,(H,27,29);4-10,13,21H,2-3,12H2,1H3,(H,26,28);4-9,13H,2-3,10-12H2,1H3;3-9,12,20H,1-2,11,24H2. The van der Waals surface area contributed by atoms with Gasteiger partial charge in [0, 0.05) is 125 Å². The van der Waals surface area contributed by atoms with Crippen LogP contribution in [0.15, 0.2) is 212 Å². The van der Waals surface area contributed by atoms with Crippen LogP contribution in [0.4, 0.5) is 82.3 Å². The highest BCUT2D eigenvalue weighted by molar-refractivity contribution is 6.02. The van der Waals surface area contributed by atoms with E-state index in [4.69, 9.17) is 19.9 Å². The first-order chi connectivity index (χ1) is 71.2. The molecule has 0 spiro atoms. The Morgan fingerprint density at radius 2 is 0.673 bits per heavy atom. The molecule has 5 N–H and O–H groups in total. The highest BCUT2D eigenvalue weighted by atomic mass is 19.3. The molecule has 20 rings (SSSR count). The largest absolute Gasteiger partial charge is 0.497 e. The summed E-state index contributed by atoms with van der Waals surface area (Å²) in [6.45, 7) is -4.24. The van der Waals surface area contributed by atoms with E-state index in [9.17, 15) is 85.0 Å². The van der Waals surface area contributed by atoms with Crippen LogP contribution >= 0.6 is 0 Å². The van der Waals surface area contributed by atoms with Gasteiger partial charge < -0.3 is 71.4 Å². The van der Waals surface area contributed by atoms with E-state index in [0.717, 1.165) is 155 Å². The van der Waals surface area contributed by atoms with Gasteiger partial charge >= 0.3 is 44.7 Å². The summed E-state index contributed by atoms with van der Waals surface area (Å²) >= 11 is 0. The second kappa shape index (κ2) is 46.5. The number of nitrogen functional groups attached to an aromatic ring is 1. The van der Waals surface area contributed by atoms with E-state index < -0.39 is 51.4 Å². The topological polar surface area (TPSA) is 351 Å². The molecule has 5 aromatic heterocycles. The monoisotopic (exact) mass is 2010 g/mol. The van der Waals surface area contributed by atoms with Gasteiger partial charge in [-0.25, -0.2) is 18.8 Å². The summed E-state index contributed by atoms with van der Waals surface area (Å²) in [6, 6.07) is 71.8. The molecule has 6 heterocycles. The number of rotatable bonds is 31. The van der Waals surface area contributed by atoms with E-state index >= 15 is 0 Å². The van der Waals surface area contributed by atoms with Crippen molar-refractivity contribution in [2.45, 2.75) is 144 Å². The number of nitrogens with one attached hydrogen (secondary N) is 3. The molecule has 147 heavy (non-hydrogen) atoms. The van der Waals surface area contributed by atoms with E-state index in [1.807, 2.05) is 98.0 Å². The van der Waals surface area contributed by atoms with E-state index in [1.54, 1.807) is 134 Å². The number of carbonyl (C=O) groups excluding carboxylic acids is 4. The first-order valence-electron chi connectivity index (χ1n) is 47.8. The van der Waals surface area contributed by atoms with Crippen molar-refractivity contribution in [3.05, 3.63) is 240 Å². The van der Waals surface area contributed by atoms with Crippen LogP contribution in [-0.4, -0.2) is 114 Å². The number of fused-ring (bicyclic) bond motifs is 5. The van der Waals surface area contributed by atoms with Gasteiger partial charge in [-0.2, -0.15) is 61.4 Å². The molecule has 36 heteroatoms. The lowest BCUT2D eigenvalue weighted by Crippen LogP contribution is -2.23. The minimum absolute atomic E-state index is 0.0562. The molecule has 5 aliphatic rings. The van der Waals surface area contributed by atoms with Crippen LogP contribution < -0.4 is 50.3 Å². The maximum atomic E-state index is 13.3. The predicted molar refractivity (Wildman–Crippen MR) is 538 cm³/mol. The molecule has 15 aromatic rings. The zero-order chi connectivity index (χ0) is 104. The fourth-order valence-corrected chi connectivity index (χ4v) is 18.2. The van der Waals surface area contributed by atoms with Gasteiger partial charge in [-0.3, -0.25) is 20.7 Å². The first kappa shape index (κ1) is 103. The number of ether oxygens (including phenoxy) is 8. The fourth-order valence-electron chi connectivity index (χ4n) is 18.2. The molecule has 0 unspecified atom stereocenters. The third kappa shape index (κ3) is 24.3. The molecule has 0 radical (unpaired) electrons. The van der Waals surface area contributed by atoms with Crippen LogP contribution in [0.2, 0.25) is 0 Å². The number of aryl methyl sites for hydroxylation is 1. The number of nitrogens with zero attached hydrogens (tertiary/aromatic N) is 11. The molecular formula is C111H100F9N15O12. The molecule has 0 atom stereocenters. The zero-order valence-corrected chi connectivity index (χ0v) is 80.3. The third-order valence-corrected chi connectivity index (χ3v) is 25.6. The van der Waals surface area contributed by atoms with Gasteiger partial charge in [0.1, 0.15) is 65.8 Å². The molecule has 27 nitrogen and oxygen atoms in total. The predicted octanol–water partition coefficient (Wildman–Crippen LogP) is 26.3. The van der Waals surface area contributed by atoms with Gasteiger partial charge in [0.15, 0.2) is 0 Å². The molecule has 5 fully saturated rings. The molecule has 4 saturated carbocycles. The minimum Gasteiger partial charge on any atom is -0.497 e. The number of hydrogen-bond donors (Lipinski definition) is 4. The minimum atomic E-state index is -2.92. The lowest BCUT2D eigenvalue weighted by molar-refractivity contribution is -0.117. The van der Waals surface area contributed by atoms with E-state index in [1.165, 1.54) is 31.4 Å². The van der Waals surface area contributed by atoms with Crippen molar-refractivity contribution in [2.75, 3.05) is 67.2 Å².